The third kappa shape index (κ3) is 3.05. The molecule has 6 nitrogen and oxygen atoms in total. The molecule has 0 bridgehead atoms. The van der Waals surface area contributed by atoms with Crippen LogP contribution in [0.3, 0.4) is 0 Å². The first-order valence-electron chi connectivity index (χ1n) is 5.87. The zero-order valence-electron chi connectivity index (χ0n) is 10.5. The third-order valence-electron chi connectivity index (χ3n) is 2.78. The Morgan fingerprint density at radius 2 is 2.26 bits per heavy atom. The first-order valence-corrected chi connectivity index (χ1v) is 7.48. The highest BCUT2D eigenvalue weighted by atomic mass is 32.2. The van der Waals surface area contributed by atoms with E-state index in [2.05, 4.69) is 4.40 Å². The zero-order chi connectivity index (χ0) is 14.0. The Morgan fingerprint density at radius 3 is 2.95 bits per heavy atom. The van der Waals surface area contributed by atoms with Crippen LogP contribution in [0.5, 0.6) is 5.75 Å². The highest BCUT2D eigenvalue weighted by Crippen LogP contribution is 2.28. The summed E-state index contributed by atoms with van der Waals surface area (Å²) in [4.78, 5) is 0. The summed E-state index contributed by atoms with van der Waals surface area (Å²) in [6.07, 6.45) is 0. The molecule has 0 aromatic heterocycles. The van der Waals surface area contributed by atoms with Gasteiger partial charge in [0.25, 0.3) is 10.0 Å². The zero-order valence-corrected chi connectivity index (χ0v) is 11.4. The Morgan fingerprint density at radius 1 is 1.53 bits per heavy atom. The average molecular weight is 284 g/mol. The van der Waals surface area contributed by atoms with Crippen molar-refractivity contribution in [2.24, 2.45) is 16.0 Å². The summed E-state index contributed by atoms with van der Waals surface area (Å²) in [6.45, 7) is 2.19. The topological polar surface area (TPSA) is 102 Å². The number of hydrogen-bond acceptors (Lipinski definition) is 5. The maximum atomic E-state index is 11.5. The summed E-state index contributed by atoms with van der Waals surface area (Å²) in [7, 11) is -3.53. The number of nitrogens with two attached hydrogens (primary N) is 1. The summed E-state index contributed by atoms with van der Waals surface area (Å²) in [6, 6.07) is 5.12. The molecule has 1 unspecified atom stereocenters. The van der Waals surface area contributed by atoms with E-state index in [-0.39, 0.29) is 24.1 Å². The van der Waals surface area contributed by atoms with Crippen LogP contribution in [0.2, 0.25) is 0 Å². The van der Waals surface area contributed by atoms with E-state index in [0.717, 1.165) is 0 Å². The summed E-state index contributed by atoms with van der Waals surface area (Å²) in [5.41, 5.74) is 6.82. The molecular weight excluding hydrogens is 268 g/mol. The van der Waals surface area contributed by atoms with Crippen molar-refractivity contribution in [3.8, 4) is 5.75 Å². The number of amidine groups is 1. The van der Waals surface area contributed by atoms with E-state index >= 15 is 0 Å². The van der Waals surface area contributed by atoms with E-state index < -0.39 is 10.0 Å². The van der Waals surface area contributed by atoms with Crippen LogP contribution < -0.4 is 10.5 Å². The number of aliphatic hydroxyl groups is 1. The lowest BCUT2D eigenvalue weighted by Crippen LogP contribution is -2.25. The van der Waals surface area contributed by atoms with Gasteiger partial charge in [-0.15, -0.1) is 4.40 Å². The molecule has 19 heavy (non-hydrogen) atoms. The van der Waals surface area contributed by atoms with Crippen LogP contribution in [0.1, 0.15) is 18.1 Å². The van der Waals surface area contributed by atoms with Gasteiger partial charge in [-0.05, 0) is 11.6 Å². The molecule has 0 aliphatic carbocycles. The number of hydrogen-bond donors (Lipinski definition) is 2. The second-order valence-corrected chi connectivity index (χ2v) is 6.23. The Kier molecular flexibility index (Phi) is 3.77. The van der Waals surface area contributed by atoms with Crippen molar-refractivity contribution in [3.05, 3.63) is 29.3 Å². The summed E-state index contributed by atoms with van der Waals surface area (Å²) < 4.78 is 32.1. The molecule has 1 aliphatic rings. The maximum absolute atomic E-state index is 11.5. The predicted molar refractivity (Wildman–Crippen MR) is 71.5 cm³/mol. The van der Waals surface area contributed by atoms with E-state index in [1.54, 1.807) is 18.2 Å². The SMILES string of the molecule is CC(CO)COc1cccc2c1C(N)=NS(=O)(=O)C2. The largest absolute Gasteiger partial charge is 0.492 e. The van der Waals surface area contributed by atoms with E-state index in [1.165, 1.54) is 0 Å². The molecule has 1 aromatic rings. The lowest BCUT2D eigenvalue weighted by molar-refractivity contribution is 0.174. The molecular formula is C12H16N2O4S. The molecule has 0 amide bonds. The lowest BCUT2D eigenvalue weighted by Gasteiger charge is -2.19. The van der Waals surface area contributed by atoms with Gasteiger partial charge in [-0.2, -0.15) is 0 Å². The van der Waals surface area contributed by atoms with Crippen LogP contribution in [0, 0.1) is 5.92 Å². The number of aliphatic hydroxyl groups excluding tert-OH is 1. The van der Waals surface area contributed by atoms with Gasteiger partial charge in [0.2, 0.25) is 0 Å². The number of sulfonamides is 1. The summed E-state index contributed by atoms with van der Waals surface area (Å²) in [5, 5.41) is 8.96. The van der Waals surface area contributed by atoms with Crippen LogP contribution >= 0.6 is 0 Å². The number of benzene rings is 1. The molecule has 1 heterocycles. The summed E-state index contributed by atoms with van der Waals surface area (Å²) in [5.74, 6) is 0.263. The minimum absolute atomic E-state index is 0.0126. The van der Waals surface area contributed by atoms with Crippen molar-refractivity contribution in [2.75, 3.05) is 13.2 Å². The van der Waals surface area contributed by atoms with E-state index in [1.807, 2.05) is 6.92 Å². The second-order valence-electron chi connectivity index (χ2n) is 4.59. The molecule has 7 heteroatoms. The lowest BCUT2D eigenvalue weighted by atomic mass is 10.1. The van der Waals surface area contributed by atoms with E-state index in [4.69, 9.17) is 15.6 Å². The monoisotopic (exact) mass is 284 g/mol. The smallest absolute Gasteiger partial charge is 0.259 e. The van der Waals surface area contributed by atoms with Crippen molar-refractivity contribution in [1.82, 2.24) is 0 Å². The average Bonchev–Trinajstić information content (AvgIpc) is 2.33. The highest BCUT2D eigenvalue weighted by molar-refractivity contribution is 7.89. The first kappa shape index (κ1) is 13.8. The van der Waals surface area contributed by atoms with Crippen molar-refractivity contribution in [1.29, 1.82) is 0 Å². The molecule has 3 N–H and O–H groups in total. The molecule has 0 fully saturated rings. The molecule has 1 aliphatic heterocycles. The van der Waals surface area contributed by atoms with E-state index in [0.29, 0.717) is 23.5 Å². The minimum atomic E-state index is -3.53. The van der Waals surface area contributed by atoms with Crippen LogP contribution in [0.25, 0.3) is 0 Å². The van der Waals surface area contributed by atoms with Gasteiger partial charge in [0.05, 0.1) is 17.9 Å². The van der Waals surface area contributed by atoms with Crippen molar-refractivity contribution < 1.29 is 18.3 Å². The van der Waals surface area contributed by atoms with Gasteiger partial charge in [-0.1, -0.05) is 19.1 Å². The van der Waals surface area contributed by atoms with Crippen molar-refractivity contribution >= 4 is 15.9 Å². The van der Waals surface area contributed by atoms with Gasteiger partial charge in [0.15, 0.2) is 0 Å². The summed E-state index contributed by atoms with van der Waals surface area (Å²) >= 11 is 0. The van der Waals surface area contributed by atoms with Gasteiger partial charge in [0.1, 0.15) is 11.6 Å². The Hall–Kier alpha value is -1.60. The van der Waals surface area contributed by atoms with Gasteiger partial charge < -0.3 is 15.6 Å². The van der Waals surface area contributed by atoms with Crippen LogP contribution in [-0.4, -0.2) is 32.6 Å². The molecule has 2 rings (SSSR count). The highest BCUT2D eigenvalue weighted by Gasteiger charge is 2.25. The van der Waals surface area contributed by atoms with Crippen molar-refractivity contribution in [2.45, 2.75) is 12.7 Å². The van der Waals surface area contributed by atoms with Crippen LogP contribution in [0.4, 0.5) is 0 Å². The Bertz CT molecular complexity index is 610. The molecule has 0 radical (unpaired) electrons. The van der Waals surface area contributed by atoms with Crippen molar-refractivity contribution in [3.63, 3.8) is 0 Å². The standard InChI is InChI=1S/C12H16N2O4S/c1-8(5-15)6-18-10-4-2-3-9-7-19(16,17)14-12(13)11(9)10/h2-4,8,15H,5-7H2,1H3,(H2,13,14). The fourth-order valence-electron chi connectivity index (χ4n) is 1.82. The second kappa shape index (κ2) is 5.18. The molecule has 104 valence electrons. The number of fused-ring (bicyclic) bond motifs is 1. The van der Waals surface area contributed by atoms with Crippen LogP contribution in [-0.2, 0) is 15.8 Å². The molecule has 0 spiro atoms. The Balaban J connectivity index is 2.34. The molecule has 0 saturated heterocycles. The molecule has 1 aromatic carbocycles. The first-order chi connectivity index (χ1) is 8.93. The van der Waals surface area contributed by atoms with E-state index in [9.17, 15) is 8.42 Å². The number of nitrogens with zero attached hydrogens (tertiary/aromatic N) is 1. The predicted octanol–water partition coefficient (Wildman–Crippen LogP) is 0.243. The normalized spacial score (nSPS) is 18.3. The van der Waals surface area contributed by atoms with Gasteiger partial charge in [-0.25, -0.2) is 8.42 Å². The minimum Gasteiger partial charge on any atom is -0.492 e. The van der Waals surface area contributed by atoms with Gasteiger partial charge in [0, 0.05) is 12.5 Å². The van der Waals surface area contributed by atoms with Crippen LogP contribution in [0.15, 0.2) is 22.6 Å². The fourth-order valence-corrected chi connectivity index (χ4v) is 2.91. The van der Waals surface area contributed by atoms with Gasteiger partial charge >= 0.3 is 0 Å². The molecule has 1 atom stereocenters. The molecule has 0 saturated carbocycles. The quantitative estimate of drug-likeness (QED) is 0.824. The van der Waals surface area contributed by atoms with Gasteiger partial charge in [-0.3, -0.25) is 0 Å². The fraction of sp³-hybridized carbons (Fsp3) is 0.417. The Labute approximate surface area is 112 Å². The third-order valence-corrected chi connectivity index (χ3v) is 3.93. The maximum Gasteiger partial charge on any atom is 0.259 e. The number of rotatable bonds is 4. The number of ether oxygens (including phenoxy) is 1.